The van der Waals surface area contributed by atoms with Crippen molar-refractivity contribution in [3.05, 3.63) is 64.1 Å². The Kier molecular flexibility index (Phi) is 6.48. The lowest BCUT2D eigenvalue weighted by atomic mass is 9.90. The molecular formula is C24H32N2O2. The molecule has 4 rings (SSSR count). The van der Waals surface area contributed by atoms with Crippen LogP contribution in [0.25, 0.3) is 0 Å². The molecular weight excluding hydrogens is 348 g/mol. The van der Waals surface area contributed by atoms with E-state index >= 15 is 0 Å². The van der Waals surface area contributed by atoms with Gasteiger partial charge in [-0.3, -0.25) is 9.69 Å². The number of hydrogen-bond acceptors (Lipinski definition) is 3. The van der Waals surface area contributed by atoms with Crippen molar-refractivity contribution in [1.29, 1.82) is 0 Å². The third kappa shape index (κ3) is 5.26. The third-order valence-corrected chi connectivity index (χ3v) is 6.35. The van der Waals surface area contributed by atoms with Gasteiger partial charge in [-0.1, -0.05) is 18.2 Å². The highest BCUT2D eigenvalue weighted by molar-refractivity contribution is 5.29. The molecule has 2 fully saturated rings. The normalized spacial score (nSPS) is 19.1. The first-order valence-corrected chi connectivity index (χ1v) is 10.9. The summed E-state index contributed by atoms with van der Waals surface area (Å²) in [5.41, 5.74) is 2.32. The van der Waals surface area contributed by atoms with Crippen LogP contribution >= 0.6 is 0 Å². The fourth-order valence-corrected chi connectivity index (χ4v) is 4.60. The molecule has 1 aromatic heterocycles. The lowest BCUT2D eigenvalue weighted by Crippen LogP contribution is -2.34. The van der Waals surface area contributed by atoms with E-state index in [1.165, 1.54) is 50.5 Å². The average molecular weight is 381 g/mol. The van der Waals surface area contributed by atoms with Gasteiger partial charge in [0.1, 0.15) is 5.75 Å². The fourth-order valence-electron chi connectivity index (χ4n) is 4.60. The number of rotatable bonds is 7. The van der Waals surface area contributed by atoms with Crippen LogP contribution in [0.2, 0.25) is 0 Å². The van der Waals surface area contributed by atoms with E-state index < -0.39 is 0 Å². The molecule has 0 radical (unpaired) electrons. The molecule has 1 saturated heterocycles. The van der Waals surface area contributed by atoms with Crippen molar-refractivity contribution in [2.45, 2.75) is 64.0 Å². The number of aromatic nitrogens is 1. The van der Waals surface area contributed by atoms with Crippen molar-refractivity contribution >= 4 is 0 Å². The molecule has 2 heterocycles. The minimum atomic E-state index is 0.0457. The molecule has 4 nitrogen and oxygen atoms in total. The highest BCUT2D eigenvalue weighted by Gasteiger charge is 2.20. The van der Waals surface area contributed by atoms with E-state index in [1.807, 2.05) is 12.1 Å². The molecule has 1 aliphatic carbocycles. The number of pyridine rings is 1. The Morgan fingerprint density at radius 2 is 1.86 bits per heavy atom. The number of H-pyrrole nitrogens is 1. The van der Waals surface area contributed by atoms with Crippen LogP contribution in [-0.4, -0.2) is 29.1 Å². The van der Waals surface area contributed by atoms with Crippen LogP contribution in [0.3, 0.4) is 0 Å². The van der Waals surface area contributed by atoms with Crippen LogP contribution in [0.1, 0.15) is 56.1 Å². The zero-order valence-electron chi connectivity index (χ0n) is 16.7. The number of likely N-dealkylation sites (tertiary alicyclic amines) is 1. The zero-order chi connectivity index (χ0) is 19.2. The summed E-state index contributed by atoms with van der Waals surface area (Å²) in [6.07, 6.45) is 12.0. The summed E-state index contributed by atoms with van der Waals surface area (Å²) in [4.78, 5) is 17.0. The highest BCUT2D eigenvalue weighted by atomic mass is 16.5. The van der Waals surface area contributed by atoms with Gasteiger partial charge >= 0.3 is 0 Å². The second-order valence-corrected chi connectivity index (χ2v) is 8.45. The van der Waals surface area contributed by atoms with Crippen LogP contribution < -0.4 is 10.3 Å². The second kappa shape index (κ2) is 9.42. The Morgan fingerprint density at radius 1 is 1.04 bits per heavy atom. The molecule has 2 aliphatic rings. The van der Waals surface area contributed by atoms with E-state index in [0.717, 1.165) is 43.3 Å². The summed E-state index contributed by atoms with van der Waals surface area (Å²) in [6, 6.07) is 12.6. The van der Waals surface area contributed by atoms with Crippen molar-refractivity contribution < 1.29 is 4.74 Å². The van der Waals surface area contributed by atoms with E-state index in [4.69, 9.17) is 4.74 Å². The van der Waals surface area contributed by atoms with E-state index in [0.29, 0.717) is 6.10 Å². The van der Waals surface area contributed by atoms with E-state index in [2.05, 4.69) is 34.1 Å². The first-order valence-electron chi connectivity index (χ1n) is 10.9. The van der Waals surface area contributed by atoms with Gasteiger partial charge < -0.3 is 9.72 Å². The van der Waals surface area contributed by atoms with Gasteiger partial charge in [-0.05, 0) is 94.1 Å². The maximum absolute atomic E-state index is 11.9. The van der Waals surface area contributed by atoms with E-state index in [1.54, 1.807) is 6.20 Å². The van der Waals surface area contributed by atoms with Crippen LogP contribution in [0.5, 0.6) is 5.75 Å². The average Bonchev–Trinajstić information content (AvgIpc) is 3.23. The van der Waals surface area contributed by atoms with Crippen LogP contribution in [0.4, 0.5) is 0 Å². The molecule has 0 amide bonds. The van der Waals surface area contributed by atoms with Gasteiger partial charge in [-0.25, -0.2) is 0 Å². The molecule has 150 valence electrons. The minimum Gasteiger partial charge on any atom is -0.490 e. The number of ether oxygens (including phenoxy) is 1. The standard InChI is InChI=1S/C24H32N2O2/c27-24-21(6-4-14-25-24)18-26-15-12-19(13-16-26)10-11-20-5-3-9-23(17-20)28-22-7-1-2-8-22/h3-6,9,14,17,19,22H,1-2,7-8,10-13,15-16,18H2,(H,25,27). The van der Waals surface area contributed by atoms with Crippen molar-refractivity contribution in [1.82, 2.24) is 9.88 Å². The number of nitrogens with zero attached hydrogens (tertiary/aromatic N) is 1. The van der Waals surface area contributed by atoms with Gasteiger partial charge in [-0.2, -0.15) is 0 Å². The topological polar surface area (TPSA) is 45.3 Å². The summed E-state index contributed by atoms with van der Waals surface area (Å²) in [5.74, 6) is 1.83. The highest BCUT2D eigenvalue weighted by Crippen LogP contribution is 2.27. The Balaban J connectivity index is 1.22. The molecule has 0 bridgehead atoms. The maximum Gasteiger partial charge on any atom is 0.252 e. The molecule has 1 N–H and O–H groups in total. The largest absolute Gasteiger partial charge is 0.490 e. The van der Waals surface area contributed by atoms with Crippen molar-refractivity contribution in [2.75, 3.05) is 13.1 Å². The Morgan fingerprint density at radius 3 is 2.64 bits per heavy atom. The third-order valence-electron chi connectivity index (χ3n) is 6.35. The number of benzene rings is 1. The Hall–Kier alpha value is -2.07. The molecule has 0 unspecified atom stereocenters. The molecule has 28 heavy (non-hydrogen) atoms. The molecule has 2 aromatic rings. The maximum atomic E-state index is 11.9. The number of aromatic amines is 1. The summed E-state index contributed by atoms with van der Waals surface area (Å²) in [7, 11) is 0. The number of nitrogens with one attached hydrogen (secondary N) is 1. The first-order chi connectivity index (χ1) is 13.8. The molecule has 1 saturated carbocycles. The lowest BCUT2D eigenvalue weighted by molar-refractivity contribution is 0.172. The fraction of sp³-hybridized carbons (Fsp3) is 0.542. The Labute approximate surface area is 167 Å². The van der Waals surface area contributed by atoms with Crippen LogP contribution in [0.15, 0.2) is 47.4 Å². The molecule has 4 heteroatoms. The van der Waals surface area contributed by atoms with Gasteiger partial charge in [0, 0.05) is 18.3 Å². The monoisotopic (exact) mass is 380 g/mol. The number of aryl methyl sites for hydroxylation is 1. The smallest absolute Gasteiger partial charge is 0.252 e. The summed E-state index contributed by atoms with van der Waals surface area (Å²) in [5, 5.41) is 0. The molecule has 0 atom stereocenters. The van der Waals surface area contributed by atoms with Gasteiger partial charge in [-0.15, -0.1) is 0 Å². The van der Waals surface area contributed by atoms with Crippen LogP contribution in [-0.2, 0) is 13.0 Å². The van der Waals surface area contributed by atoms with Crippen LogP contribution in [0, 0.1) is 5.92 Å². The molecule has 1 aromatic carbocycles. The predicted molar refractivity (Wildman–Crippen MR) is 113 cm³/mol. The lowest BCUT2D eigenvalue weighted by Gasteiger charge is -2.31. The zero-order valence-corrected chi connectivity index (χ0v) is 16.7. The van der Waals surface area contributed by atoms with Gasteiger partial charge in [0.15, 0.2) is 0 Å². The van der Waals surface area contributed by atoms with Crippen molar-refractivity contribution in [3.63, 3.8) is 0 Å². The van der Waals surface area contributed by atoms with E-state index in [-0.39, 0.29) is 5.56 Å². The summed E-state index contributed by atoms with van der Waals surface area (Å²) >= 11 is 0. The summed E-state index contributed by atoms with van der Waals surface area (Å²) < 4.78 is 6.15. The van der Waals surface area contributed by atoms with E-state index in [9.17, 15) is 4.79 Å². The minimum absolute atomic E-state index is 0.0457. The van der Waals surface area contributed by atoms with Crippen molar-refractivity contribution in [2.24, 2.45) is 5.92 Å². The quantitative estimate of drug-likeness (QED) is 0.767. The Bertz CT molecular complexity index is 802. The number of piperidine rings is 1. The molecule has 0 spiro atoms. The van der Waals surface area contributed by atoms with Gasteiger partial charge in [0.25, 0.3) is 5.56 Å². The number of hydrogen-bond donors (Lipinski definition) is 1. The summed E-state index contributed by atoms with van der Waals surface area (Å²) in [6.45, 7) is 2.94. The predicted octanol–water partition coefficient (Wildman–Crippen LogP) is 4.54. The van der Waals surface area contributed by atoms with Gasteiger partial charge in [0.2, 0.25) is 0 Å². The SMILES string of the molecule is O=c1[nH]cccc1CN1CCC(CCc2cccc(OC3CCCC3)c2)CC1. The molecule has 1 aliphatic heterocycles. The second-order valence-electron chi connectivity index (χ2n) is 8.45. The first kappa shape index (κ1) is 19.3. The van der Waals surface area contributed by atoms with Crippen molar-refractivity contribution in [3.8, 4) is 5.75 Å². The van der Waals surface area contributed by atoms with Gasteiger partial charge in [0.05, 0.1) is 6.10 Å².